The number of benzene rings is 1. The van der Waals surface area contributed by atoms with Gasteiger partial charge in [-0.1, -0.05) is 44.2 Å². The minimum absolute atomic E-state index is 0.0254. The number of nitrogens with zero attached hydrogens (tertiary/aromatic N) is 1. The molecular weight excluding hydrogens is 332 g/mol. The number of nitrogens with one attached hydrogen (secondary N) is 1. The van der Waals surface area contributed by atoms with Crippen LogP contribution in [0.2, 0.25) is 0 Å². The van der Waals surface area contributed by atoms with Crippen molar-refractivity contribution in [1.29, 1.82) is 0 Å². The molecule has 0 bridgehead atoms. The second kappa shape index (κ2) is 7.83. The molecule has 0 saturated carbocycles. The summed E-state index contributed by atoms with van der Waals surface area (Å²) in [6.07, 6.45) is 2.55. The Bertz CT molecular complexity index is 746. The number of amides is 2. The molecule has 1 aliphatic rings. The Balaban J connectivity index is 1.96. The minimum atomic E-state index is -0.0352. The van der Waals surface area contributed by atoms with Crippen molar-refractivity contribution < 1.29 is 9.59 Å². The molecule has 1 aromatic heterocycles. The molecule has 2 heterocycles. The van der Waals surface area contributed by atoms with Crippen LogP contribution in [0.4, 0.5) is 5.00 Å². The Hall–Kier alpha value is -2.14. The Morgan fingerprint density at radius 3 is 2.48 bits per heavy atom. The van der Waals surface area contributed by atoms with Gasteiger partial charge < -0.3 is 10.2 Å². The summed E-state index contributed by atoms with van der Waals surface area (Å²) in [4.78, 5) is 27.2. The molecule has 2 aromatic rings. The normalized spacial score (nSPS) is 14.1. The van der Waals surface area contributed by atoms with Crippen LogP contribution >= 0.6 is 11.3 Å². The van der Waals surface area contributed by atoms with E-state index in [9.17, 15) is 9.59 Å². The Morgan fingerprint density at radius 1 is 1.16 bits per heavy atom. The molecule has 1 aliphatic heterocycles. The average Bonchev–Trinajstić information content (AvgIpc) is 3.24. The maximum atomic E-state index is 13.1. The molecule has 1 fully saturated rings. The summed E-state index contributed by atoms with van der Waals surface area (Å²) in [5.74, 6) is 0.274. The number of rotatable bonds is 5. The van der Waals surface area contributed by atoms with Gasteiger partial charge in [0.05, 0.1) is 5.56 Å². The molecule has 25 heavy (non-hydrogen) atoms. The SMILES string of the molecule is CC(C)CC(=O)Nc1scc(-c2ccccc2)c1C(=O)N1CCCC1. The van der Waals surface area contributed by atoms with Crippen molar-refractivity contribution in [3.8, 4) is 11.1 Å². The molecule has 132 valence electrons. The maximum Gasteiger partial charge on any atom is 0.257 e. The van der Waals surface area contributed by atoms with Crippen molar-refractivity contribution in [3.63, 3.8) is 0 Å². The molecule has 1 aromatic carbocycles. The molecule has 0 atom stereocenters. The monoisotopic (exact) mass is 356 g/mol. The number of likely N-dealkylation sites (tertiary alicyclic amines) is 1. The van der Waals surface area contributed by atoms with Gasteiger partial charge in [-0.15, -0.1) is 11.3 Å². The molecule has 2 amide bonds. The van der Waals surface area contributed by atoms with Gasteiger partial charge in [-0.2, -0.15) is 0 Å². The van der Waals surface area contributed by atoms with Crippen molar-refractivity contribution in [2.45, 2.75) is 33.1 Å². The summed E-state index contributed by atoms with van der Waals surface area (Å²) < 4.78 is 0. The number of hydrogen-bond acceptors (Lipinski definition) is 3. The van der Waals surface area contributed by atoms with E-state index in [1.165, 1.54) is 11.3 Å². The van der Waals surface area contributed by atoms with E-state index in [1.54, 1.807) is 0 Å². The first-order valence-corrected chi connectivity index (χ1v) is 9.70. The lowest BCUT2D eigenvalue weighted by Crippen LogP contribution is -2.28. The van der Waals surface area contributed by atoms with Gasteiger partial charge in [0.25, 0.3) is 5.91 Å². The molecule has 0 unspecified atom stereocenters. The van der Waals surface area contributed by atoms with E-state index in [2.05, 4.69) is 5.32 Å². The third-order valence-electron chi connectivity index (χ3n) is 4.33. The largest absolute Gasteiger partial charge is 0.339 e. The number of hydrogen-bond donors (Lipinski definition) is 1. The zero-order valence-corrected chi connectivity index (χ0v) is 15.6. The topological polar surface area (TPSA) is 49.4 Å². The lowest BCUT2D eigenvalue weighted by Gasteiger charge is -2.17. The highest BCUT2D eigenvalue weighted by molar-refractivity contribution is 7.15. The minimum Gasteiger partial charge on any atom is -0.339 e. The third kappa shape index (κ3) is 4.10. The predicted molar refractivity (Wildman–Crippen MR) is 103 cm³/mol. The van der Waals surface area contributed by atoms with E-state index in [0.29, 0.717) is 17.0 Å². The van der Waals surface area contributed by atoms with Crippen molar-refractivity contribution >= 4 is 28.2 Å². The molecule has 3 rings (SSSR count). The van der Waals surface area contributed by atoms with Crippen LogP contribution in [-0.2, 0) is 4.79 Å². The van der Waals surface area contributed by atoms with Crippen LogP contribution in [0, 0.1) is 5.92 Å². The number of thiophene rings is 1. The van der Waals surface area contributed by atoms with Gasteiger partial charge in [0.1, 0.15) is 5.00 Å². The summed E-state index contributed by atoms with van der Waals surface area (Å²) in [6.45, 7) is 5.62. The highest BCUT2D eigenvalue weighted by Crippen LogP contribution is 2.37. The maximum absolute atomic E-state index is 13.1. The predicted octanol–water partition coefficient (Wildman–Crippen LogP) is 4.64. The van der Waals surface area contributed by atoms with Gasteiger partial charge in [0, 0.05) is 30.5 Å². The zero-order valence-electron chi connectivity index (χ0n) is 14.7. The lowest BCUT2D eigenvalue weighted by molar-refractivity contribution is -0.116. The van der Waals surface area contributed by atoms with Crippen LogP contribution in [0.5, 0.6) is 0 Å². The molecule has 0 spiro atoms. The van der Waals surface area contributed by atoms with Gasteiger partial charge in [-0.3, -0.25) is 9.59 Å². The van der Waals surface area contributed by atoms with Gasteiger partial charge in [0.15, 0.2) is 0 Å². The van der Waals surface area contributed by atoms with Gasteiger partial charge in [-0.05, 0) is 24.3 Å². The second-order valence-electron chi connectivity index (χ2n) is 6.86. The van der Waals surface area contributed by atoms with Crippen molar-refractivity contribution in [1.82, 2.24) is 4.90 Å². The van der Waals surface area contributed by atoms with Crippen LogP contribution in [0.3, 0.4) is 0 Å². The molecule has 0 aliphatic carbocycles. The fourth-order valence-corrected chi connectivity index (χ4v) is 4.10. The number of anilines is 1. The summed E-state index contributed by atoms with van der Waals surface area (Å²) in [5.41, 5.74) is 2.54. The van der Waals surface area contributed by atoms with Gasteiger partial charge in [0.2, 0.25) is 5.91 Å². The first-order chi connectivity index (χ1) is 12.1. The van der Waals surface area contributed by atoms with Crippen molar-refractivity contribution in [3.05, 3.63) is 41.3 Å². The summed E-state index contributed by atoms with van der Waals surface area (Å²) in [6, 6.07) is 9.90. The molecule has 5 heteroatoms. The first-order valence-electron chi connectivity index (χ1n) is 8.82. The Morgan fingerprint density at radius 2 is 1.84 bits per heavy atom. The standard InChI is InChI=1S/C20H24N2O2S/c1-14(2)12-17(23)21-19-18(20(24)22-10-6-7-11-22)16(13-25-19)15-8-4-3-5-9-15/h3-5,8-9,13-14H,6-7,10-12H2,1-2H3,(H,21,23). The smallest absolute Gasteiger partial charge is 0.257 e. The van der Waals surface area contributed by atoms with Gasteiger partial charge >= 0.3 is 0 Å². The van der Waals surface area contributed by atoms with Crippen molar-refractivity contribution in [2.24, 2.45) is 5.92 Å². The quantitative estimate of drug-likeness (QED) is 0.849. The summed E-state index contributed by atoms with van der Waals surface area (Å²) >= 11 is 1.43. The molecular formula is C20H24N2O2S. The molecule has 4 nitrogen and oxygen atoms in total. The van der Waals surface area contributed by atoms with Crippen LogP contribution in [0.25, 0.3) is 11.1 Å². The fraction of sp³-hybridized carbons (Fsp3) is 0.400. The van der Waals surface area contributed by atoms with E-state index in [1.807, 2.05) is 54.5 Å². The Labute approximate surface area is 152 Å². The highest BCUT2D eigenvalue weighted by Gasteiger charge is 2.27. The van der Waals surface area contributed by atoms with Crippen LogP contribution in [0.1, 0.15) is 43.5 Å². The number of carbonyl (C=O) groups excluding carboxylic acids is 2. The van der Waals surface area contributed by atoms with E-state index < -0.39 is 0 Å². The third-order valence-corrected chi connectivity index (χ3v) is 5.22. The van der Waals surface area contributed by atoms with E-state index in [4.69, 9.17) is 0 Å². The van der Waals surface area contributed by atoms with E-state index in [0.717, 1.165) is 37.1 Å². The summed E-state index contributed by atoms with van der Waals surface area (Å²) in [5, 5.41) is 5.61. The fourth-order valence-electron chi connectivity index (χ4n) is 3.12. The van der Waals surface area contributed by atoms with E-state index in [-0.39, 0.29) is 17.7 Å². The van der Waals surface area contributed by atoms with E-state index >= 15 is 0 Å². The Kier molecular flexibility index (Phi) is 5.53. The summed E-state index contributed by atoms with van der Waals surface area (Å²) in [7, 11) is 0. The van der Waals surface area contributed by atoms with Gasteiger partial charge in [-0.25, -0.2) is 0 Å². The molecule has 0 radical (unpaired) electrons. The molecule has 1 N–H and O–H groups in total. The lowest BCUT2D eigenvalue weighted by atomic mass is 10.0. The second-order valence-corrected chi connectivity index (χ2v) is 7.74. The van der Waals surface area contributed by atoms with Crippen LogP contribution < -0.4 is 5.32 Å². The highest BCUT2D eigenvalue weighted by atomic mass is 32.1. The zero-order chi connectivity index (χ0) is 17.8. The molecule has 1 saturated heterocycles. The van der Waals surface area contributed by atoms with Crippen LogP contribution in [-0.4, -0.2) is 29.8 Å². The number of carbonyl (C=O) groups is 2. The van der Waals surface area contributed by atoms with Crippen molar-refractivity contribution in [2.75, 3.05) is 18.4 Å². The first kappa shape index (κ1) is 17.7. The average molecular weight is 356 g/mol. The van der Waals surface area contributed by atoms with Crippen LogP contribution in [0.15, 0.2) is 35.7 Å².